The van der Waals surface area contributed by atoms with Crippen molar-refractivity contribution in [3.05, 3.63) is 23.0 Å². The molecule has 0 radical (unpaired) electrons. The van der Waals surface area contributed by atoms with Crippen molar-refractivity contribution in [2.75, 3.05) is 32.1 Å². The maximum atomic E-state index is 12.3. The number of aromatic nitrogens is 1. The molecule has 0 amide bonds. The first-order chi connectivity index (χ1) is 8.51. The third-order valence-corrected chi connectivity index (χ3v) is 3.87. The Kier molecular flexibility index (Phi) is 5.96. The molecule has 1 rings (SSSR count). The van der Waals surface area contributed by atoms with Gasteiger partial charge in [-0.1, -0.05) is 0 Å². The molecule has 0 saturated carbocycles. The molecular weight excluding hydrogens is 244 g/mol. The van der Waals surface area contributed by atoms with Crippen LogP contribution in [0.5, 0.6) is 0 Å². The largest absolute Gasteiger partial charge is 0.349 e. The Morgan fingerprint density at radius 2 is 2.11 bits per heavy atom. The fourth-order valence-corrected chi connectivity index (χ4v) is 2.72. The van der Waals surface area contributed by atoms with Gasteiger partial charge in [0.15, 0.2) is 5.78 Å². The molecule has 4 heteroatoms. The minimum Gasteiger partial charge on any atom is -0.349 e. The lowest BCUT2D eigenvalue weighted by Gasteiger charge is -2.14. The van der Waals surface area contributed by atoms with Gasteiger partial charge in [0.1, 0.15) is 0 Å². The standard InChI is InChI=1S/C14H24N2OS/c1-6-16-11(2)9-13(12(16)3)14(17)10-15(4)7-8-18-5/h9H,6-8,10H2,1-5H3. The third-order valence-electron chi connectivity index (χ3n) is 3.28. The molecule has 0 aliphatic carbocycles. The summed E-state index contributed by atoms with van der Waals surface area (Å²) in [5.74, 6) is 1.30. The van der Waals surface area contributed by atoms with Crippen molar-refractivity contribution >= 4 is 17.5 Å². The number of hydrogen-bond donors (Lipinski definition) is 0. The summed E-state index contributed by atoms with van der Waals surface area (Å²) in [4.78, 5) is 14.4. The minimum absolute atomic E-state index is 0.228. The number of likely N-dealkylation sites (N-methyl/N-ethyl adjacent to an activating group) is 1. The number of aryl methyl sites for hydroxylation is 1. The summed E-state index contributed by atoms with van der Waals surface area (Å²) in [6, 6.07) is 2.02. The van der Waals surface area contributed by atoms with Crippen molar-refractivity contribution in [2.24, 2.45) is 0 Å². The maximum absolute atomic E-state index is 12.3. The molecule has 0 bridgehead atoms. The van der Waals surface area contributed by atoms with Crippen LogP contribution in [0.2, 0.25) is 0 Å². The number of nitrogens with zero attached hydrogens (tertiary/aromatic N) is 2. The number of ketones is 1. The highest BCUT2D eigenvalue weighted by Crippen LogP contribution is 2.15. The van der Waals surface area contributed by atoms with E-state index in [1.54, 1.807) is 0 Å². The second kappa shape index (κ2) is 7.00. The monoisotopic (exact) mass is 268 g/mol. The van der Waals surface area contributed by atoms with Gasteiger partial charge in [0.2, 0.25) is 0 Å². The quantitative estimate of drug-likeness (QED) is 0.711. The Morgan fingerprint density at radius 3 is 2.61 bits per heavy atom. The molecule has 1 aromatic rings. The van der Waals surface area contributed by atoms with Crippen LogP contribution in [-0.4, -0.2) is 47.4 Å². The third kappa shape index (κ3) is 3.62. The second-order valence-corrected chi connectivity index (χ2v) is 5.67. The maximum Gasteiger partial charge on any atom is 0.178 e. The van der Waals surface area contributed by atoms with Crippen LogP contribution >= 0.6 is 11.8 Å². The number of rotatable bonds is 7. The molecule has 0 fully saturated rings. The topological polar surface area (TPSA) is 25.2 Å². The first-order valence-corrected chi connectivity index (χ1v) is 7.78. The SMILES string of the molecule is CCn1c(C)cc(C(=O)CN(C)CCSC)c1C. The molecule has 1 aromatic heterocycles. The molecule has 0 saturated heterocycles. The van der Waals surface area contributed by atoms with Crippen molar-refractivity contribution in [1.82, 2.24) is 9.47 Å². The summed E-state index contributed by atoms with van der Waals surface area (Å²) in [6.45, 7) is 8.59. The predicted molar refractivity (Wildman–Crippen MR) is 79.8 cm³/mol. The van der Waals surface area contributed by atoms with E-state index in [2.05, 4.69) is 29.6 Å². The summed E-state index contributed by atoms with van der Waals surface area (Å²) >= 11 is 1.81. The first kappa shape index (κ1) is 15.3. The Balaban J connectivity index is 2.73. The fraction of sp³-hybridized carbons (Fsp3) is 0.643. The number of thioether (sulfide) groups is 1. The number of carbonyl (C=O) groups excluding carboxylic acids is 1. The highest BCUT2D eigenvalue weighted by Gasteiger charge is 2.16. The van der Waals surface area contributed by atoms with Gasteiger partial charge < -0.3 is 4.57 Å². The lowest BCUT2D eigenvalue weighted by Crippen LogP contribution is -2.28. The molecular formula is C14H24N2OS. The Hall–Kier alpha value is -0.740. The Labute approximate surface area is 115 Å². The van der Waals surface area contributed by atoms with Gasteiger partial charge in [0.25, 0.3) is 0 Å². The van der Waals surface area contributed by atoms with Crippen LogP contribution in [0.4, 0.5) is 0 Å². The molecule has 3 nitrogen and oxygen atoms in total. The predicted octanol–water partition coefficient (Wildman–Crippen LogP) is 2.60. The zero-order valence-corrected chi connectivity index (χ0v) is 12.9. The van der Waals surface area contributed by atoms with Gasteiger partial charge in [-0.3, -0.25) is 9.69 Å². The molecule has 0 aromatic carbocycles. The zero-order chi connectivity index (χ0) is 13.7. The van der Waals surface area contributed by atoms with E-state index in [0.29, 0.717) is 6.54 Å². The molecule has 1 heterocycles. The van der Waals surface area contributed by atoms with Crippen LogP contribution < -0.4 is 0 Å². The van der Waals surface area contributed by atoms with E-state index in [1.807, 2.05) is 31.8 Å². The highest BCUT2D eigenvalue weighted by atomic mass is 32.2. The molecule has 0 aliphatic rings. The smallest absolute Gasteiger partial charge is 0.178 e. The van der Waals surface area contributed by atoms with Crippen LogP contribution in [0.3, 0.4) is 0 Å². The zero-order valence-electron chi connectivity index (χ0n) is 12.1. The number of hydrogen-bond acceptors (Lipinski definition) is 3. The molecule has 0 N–H and O–H groups in total. The van der Waals surface area contributed by atoms with Gasteiger partial charge in [-0.15, -0.1) is 0 Å². The van der Waals surface area contributed by atoms with Crippen molar-refractivity contribution in [3.8, 4) is 0 Å². The van der Waals surface area contributed by atoms with E-state index in [-0.39, 0.29) is 5.78 Å². The van der Waals surface area contributed by atoms with E-state index in [1.165, 1.54) is 5.69 Å². The van der Waals surface area contributed by atoms with E-state index in [0.717, 1.165) is 30.1 Å². The van der Waals surface area contributed by atoms with E-state index in [4.69, 9.17) is 0 Å². The average molecular weight is 268 g/mol. The lowest BCUT2D eigenvalue weighted by molar-refractivity contribution is 0.0948. The highest BCUT2D eigenvalue weighted by molar-refractivity contribution is 7.98. The summed E-state index contributed by atoms with van der Waals surface area (Å²) in [5, 5.41) is 0. The average Bonchev–Trinajstić information content (AvgIpc) is 2.61. The van der Waals surface area contributed by atoms with Gasteiger partial charge in [0, 0.05) is 35.8 Å². The van der Waals surface area contributed by atoms with Gasteiger partial charge in [-0.2, -0.15) is 11.8 Å². The first-order valence-electron chi connectivity index (χ1n) is 6.38. The molecule has 0 atom stereocenters. The van der Waals surface area contributed by atoms with Crippen LogP contribution in [0.1, 0.15) is 28.7 Å². The van der Waals surface area contributed by atoms with Gasteiger partial charge in [0.05, 0.1) is 6.54 Å². The summed E-state index contributed by atoms with van der Waals surface area (Å²) in [6.07, 6.45) is 2.09. The van der Waals surface area contributed by atoms with Crippen LogP contribution in [0.25, 0.3) is 0 Å². The van der Waals surface area contributed by atoms with E-state index in [9.17, 15) is 4.79 Å². The van der Waals surface area contributed by atoms with E-state index < -0.39 is 0 Å². The Morgan fingerprint density at radius 1 is 1.44 bits per heavy atom. The van der Waals surface area contributed by atoms with Crippen molar-refractivity contribution in [3.63, 3.8) is 0 Å². The van der Waals surface area contributed by atoms with Crippen LogP contribution in [0, 0.1) is 13.8 Å². The molecule has 18 heavy (non-hydrogen) atoms. The Bertz CT molecular complexity index is 412. The number of Topliss-reactive ketones (excluding diaryl/α,β-unsaturated/α-hetero) is 1. The van der Waals surface area contributed by atoms with Gasteiger partial charge in [-0.05, 0) is 40.1 Å². The van der Waals surface area contributed by atoms with E-state index >= 15 is 0 Å². The summed E-state index contributed by atoms with van der Waals surface area (Å²) in [5.41, 5.74) is 3.15. The number of carbonyl (C=O) groups is 1. The van der Waals surface area contributed by atoms with Crippen LogP contribution in [-0.2, 0) is 6.54 Å². The van der Waals surface area contributed by atoms with Gasteiger partial charge in [-0.25, -0.2) is 0 Å². The molecule has 102 valence electrons. The normalized spacial score (nSPS) is 11.2. The minimum atomic E-state index is 0.228. The van der Waals surface area contributed by atoms with Crippen molar-refractivity contribution in [2.45, 2.75) is 27.3 Å². The second-order valence-electron chi connectivity index (χ2n) is 4.68. The van der Waals surface area contributed by atoms with Crippen molar-refractivity contribution in [1.29, 1.82) is 0 Å². The summed E-state index contributed by atoms with van der Waals surface area (Å²) in [7, 11) is 2.01. The lowest BCUT2D eigenvalue weighted by atomic mass is 10.1. The molecule has 0 aliphatic heterocycles. The molecule has 0 spiro atoms. The fourth-order valence-electron chi connectivity index (χ4n) is 2.23. The van der Waals surface area contributed by atoms with Crippen molar-refractivity contribution < 1.29 is 4.79 Å². The molecule has 0 unspecified atom stereocenters. The van der Waals surface area contributed by atoms with Crippen LogP contribution in [0.15, 0.2) is 6.07 Å². The summed E-state index contributed by atoms with van der Waals surface area (Å²) < 4.78 is 2.19. The van der Waals surface area contributed by atoms with Gasteiger partial charge >= 0.3 is 0 Å².